The molecule has 3 aromatic heterocycles. The van der Waals surface area contributed by atoms with Crippen molar-refractivity contribution in [3.63, 3.8) is 0 Å². The lowest BCUT2D eigenvalue weighted by atomic mass is 10.0. The number of rotatable bonds is 9. The number of pyridine rings is 1. The Bertz CT molecular complexity index is 1290. The summed E-state index contributed by atoms with van der Waals surface area (Å²) in [6.45, 7) is 3.78. The van der Waals surface area contributed by atoms with Gasteiger partial charge in [-0.25, -0.2) is 14.6 Å². The molecule has 34 heavy (non-hydrogen) atoms. The summed E-state index contributed by atoms with van der Waals surface area (Å²) in [6, 6.07) is 7.43. The number of Topliss-reactive ketones (excluding diaryl/α,β-unsaturated/α-hetero) is 1. The van der Waals surface area contributed by atoms with Gasteiger partial charge in [0.15, 0.2) is 5.78 Å². The number of methoxy groups -OCH3 is 1. The van der Waals surface area contributed by atoms with Crippen LogP contribution in [0, 0.1) is 6.92 Å². The second-order valence-corrected chi connectivity index (χ2v) is 8.18. The zero-order chi connectivity index (χ0) is 24.1. The van der Waals surface area contributed by atoms with Gasteiger partial charge in [-0.3, -0.25) is 9.78 Å². The number of nitrogens with zero attached hydrogens (tertiary/aromatic N) is 5. The standard InChI is InChI=1S/C25H25ClN6O2/c1-4-22(33)19-9-18(24(26)23(10-19)34-3)7-6-17-11-28-25(29-12-17)31-20-13-30-32(15-20)21-8-5-16(2)27-14-21/h5,8-15H,4,6-7H2,1-3H3,(H,28,29,31). The van der Waals surface area contributed by atoms with Crippen LogP contribution >= 0.6 is 11.6 Å². The molecule has 0 radical (unpaired) electrons. The summed E-state index contributed by atoms with van der Waals surface area (Å²) in [7, 11) is 1.55. The Hall–Kier alpha value is -3.78. The van der Waals surface area contributed by atoms with Crippen molar-refractivity contribution in [3.05, 3.63) is 82.7 Å². The number of benzene rings is 1. The van der Waals surface area contributed by atoms with E-state index in [0.29, 0.717) is 41.5 Å². The van der Waals surface area contributed by atoms with Crippen LogP contribution in [0.2, 0.25) is 5.02 Å². The predicted octanol–water partition coefficient (Wildman–Crippen LogP) is 5.15. The lowest BCUT2D eigenvalue weighted by molar-refractivity contribution is 0.0987. The number of anilines is 2. The van der Waals surface area contributed by atoms with Gasteiger partial charge >= 0.3 is 0 Å². The van der Waals surface area contributed by atoms with Gasteiger partial charge in [0.25, 0.3) is 0 Å². The number of carbonyl (C=O) groups excluding carboxylic acids is 1. The number of aryl methyl sites for hydroxylation is 3. The van der Waals surface area contributed by atoms with E-state index in [0.717, 1.165) is 28.2 Å². The first kappa shape index (κ1) is 23.4. The van der Waals surface area contributed by atoms with Crippen LogP contribution in [0.1, 0.15) is 40.5 Å². The molecule has 1 aromatic carbocycles. The van der Waals surface area contributed by atoms with Crippen LogP contribution in [0.25, 0.3) is 5.69 Å². The van der Waals surface area contributed by atoms with E-state index in [1.165, 1.54) is 0 Å². The molecule has 0 aliphatic carbocycles. The molecule has 0 spiro atoms. The lowest BCUT2D eigenvalue weighted by Gasteiger charge is -2.12. The van der Waals surface area contributed by atoms with Crippen molar-refractivity contribution in [1.82, 2.24) is 24.7 Å². The molecular weight excluding hydrogens is 452 g/mol. The zero-order valence-electron chi connectivity index (χ0n) is 19.2. The number of hydrogen-bond acceptors (Lipinski definition) is 7. The molecule has 0 aliphatic rings. The number of aromatic nitrogens is 5. The molecule has 1 N–H and O–H groups in total. The number of halogens is 1. The molecule has 0 atom stereocenters. The van der Waals surface area contributed by atoms with Crippen LogP contribution < -0.4 is 10.1 Å². The van der Waals surface area contributed by atoms with Gasteiger partial charge < -0.3 is 10.1 Å². The molecule has 3 heterocycles. The summed E-state index contributed by atoms with van der Waals surface area (Å²) in [5, 5.41) is 8.03. The summed E-state index contributed by atoms with van der Waals surface area (Å²) in [5.41, 5.74) is 5.01. The fourth-order valence-corrected chi connectivity index (χ4v) is 3.71. The largest absolute Gasteiger partial charge is 0.495 e. The van der Waals surface area contributed by atoms with Crippen LogP contribution in [0.15, 0.2) is 55.2 Å². The van der Waals surface area contributed by atoms with Crippen LogP contribution in [-0.2, 0) is 12.8 Å². The van der Waals surface area contributed by atoms with Gasteiger partial charge in [0.2, 0.25) is 5.95 Å². The number of hydrogen-bond donors (Lipinski definition) is 1. The van der Waals surface area contributed by atoms with E-state index in [9.17, 15) is 4.79 Å². The molecule has 174 valence electrons. The molecule has 8 nitrogen and oxygen atoms in total. The van der Waals surface area contributed by atoms with E-state index in [-0.39, 0.29) is 5.78 Å². The van der Waals surface area contributed by atoms with Crippen molar-refractivity contribution < 1.29 is 9.53 Å². The minimum absolute atomic E-state index is 0.0527. The number of nitrogens with one attached hydrogen (secondary N) is 1. The molecule has 9 heteroatoms. The maximum Gasteiger partial charge on any atom is 0.227 e. The highest BCUT2D eigenvalue weighted by Crippen LogP contribution is 2.31. The van der Waals surface area contributed by atoms with E-state index in [4.69, 9.17) is 16.3 Å². The zero-order valence-corrected chi connectivity index (χ0v) is 20.0. The van der Waals surface area contributed by atoms with E-state index in [1.807, 2.05) is 38.2 Å². The highest BCUT2D eigenvalue weighted by atomic mass is 35.5. The van der Waals surface area contributed by atoms with Gasteiger partial charge in [-0.05, 0) is 55.2 Å². The fraction of sp³-hybridized carbons (Fsp3) is 0.240. The van der Waals surface area contributed by atoms with Crippen LogP contribution in [-0.4, -0.2) is 37.6 Å². The molecule has 0 saturated heterocycles. The molecule has 0 bridgehead atoms. The van der Waals surface area contributed by atoms with Crippen LogP contribution in [0.4, 0.5) is 11.6 Å². The second-order valence-electron chi connectivity index (χ2n) is 7.80. The maximum absolute atomic E-state index is 12.2. The summed E-state index contributed by atoms with van der Waals surface area (Å²) >= 11 is 6.48. The SMILES string of the molecule is CCC(=O)c1cc(CCc2cnc(Nc3cnn(-c4ccc(C)nc4)c3)nc2)c(Cl)c(OC)c1. The van der Waals surface area contributed by atoms with E-state index in [1.54, 1.807) is 42.6 Å². The lowest BCUT2D eigenvalue weighted by Crippen LogP contribution is -2.03. The van der Waals surface area contributed by atoms with Gasteiger partial charge in [-0.1, -0.05) is 18.5 Å². The third-order valence-corrected chi connectivity index (χ3v) is 5.79. The summed E-state index contributed by atoms with van der Waals surface area (Å²) in [4.78, 5) is 25.3. The van der Waals surface area contributed by atoms with Crippen molar-refractivity contribution in [1.29, 1.82) is 0 Å². The molecule has 4 aromatic rings. The van der Waals surface area contributed by atoms with Crippen molar-refractivity contribution in [2.75, 3.05) is 12.4 Å². The first-order valence-corrected chi connectivity index (χ1v) is 11.3. The maximum atomic E-state index is 12.2. The highest BCUT2D eigenvalue weighted by Gasteiger charge is 2.14. The van der Waals surface area contributed by atoms with Crippen LogP contribution in [0.5, 0.6) is 5.75 Å². The third kappa shape index (κ3) is 5.40. The van der Waals surface area contributed by atoms with Gasteiger partial charge in [0, 0.05) is 30.1 Å². The van der Waals surface area contributed by atoms with E-state index < -0.39 is 0 Å². The normalized spacial score (nSPS) is 10.8. The van der Waals surface area contributed by atoms with Crippen LogP contribution in [0.3, 0.4) is 0 Å². The van der Waals surface area contributed by atoms with E-state index in [2.05, 4.69) is 25.4 Å². The topological polar surface area (TPSA) is 94.8 Å². The van der Waals surface area contributed by atoms with Crippen molar-refractivity contribution in [3.8, 4) is 11.4 Å². The summed E-state index contributed by atoms with van der Waals surface area (Å²) < 4.78 is 7.09. The second kappa shape index (κ2) is 10.4. The van der Waals surface area contributed by atoms with Gasteiger partial charge in [-0.2, -0.15) is 5.10 Å². The Labute approximate surface area is 203 Å². The third-order valence-electron chi connectivity index (χ3n) is 5.36. The monoisotopic (exact) mass is 476 g/mol. The quantitative estimate of drug-likeness (QED) is 0.334. The molecular formula is C25H25ClN6O2. The molecule has 0 unspecified atom stereocenters. The van der Waals surface area contributed by atoms with E-state index >= 15 is 0 Å². The first-order valence-electron chi connectivity index (χ1n) is 10.9. The van der Waals surface area contributed by atoms with Crippen molar-refractivity contribution in [2.24, 2.45) is 0 Å². The predicted molar refractivity (Wildman–Crippen MR) is 131 cm³/mol. The molecule has 0 fully saturated rings. The average molecular weight is 477 g/mol. The summed E-state index contributed by atoms with van der Waals surface area (Å²) in [5.74, 6) is 1.03. The Kier molecular flexibility index (Phi) is 7.18. The number of carbonyl (C=O) groups is 1. The van der Waals surface area contributed by atoms with Gasteiger partial charge in [0.05, 0.1) is 42.1 Å². The Morgan fingerprint density at radius 2 is 1.88 bits per heavy atom. The Morgan fingerprint density at radius 3 is 2.56 bits per heavy atom. The number of ether oxygens (including phenoxy) is 1. The smallest absolute Gasteiger partial charge is 0.227 e. The number of ketones is 1. The molecule has 0 saturated carbocycles. The fourth-order valence-electron chi connectivity index (χ4n) is 3.43. The average Bonchev–Trinajstić information content (AvgIpc) is 3.32. The van der Waals surface area contributed by atoms with Crippen molar-refractivity contribution >= 4 is 29.0 Å². The van der Waals surface area contributed by atoms with Gasteiger partial charge in [-0.15, -0.1) is 0 Å². The molecule has 4 rings (SSSR count). The Balaban J connectivity index is 1.41. The summed E-state index contributed by atoms with van der Waals surface area (Å²) in [6.07, 6.45) is 10.6. The molecule has 0 amide bonds. The molecule has 0 aliphatic heterocycles. The minimum atomic E-state index is 0.0527. The van der Waals surface area contributed by atoms with Gasteiger partial charge in [0.1, 0.15) is 5.75 Å². The minimum Gasteiger partial charge on any atom is -0.495 e. The van der Waals surface area contributed by atoms with Crippen molar-refractivity contribution in [2.45, 2.75) is 33.1 Å². The Morgan fingerprint density at radius 1 is 1.09 bits per heavy atom. The first-order chi connectivity index (χ1) is 16.5. The highest BCUT2D eigenvalue weighted by molar-refractivity contribution is 6.33.